The standard InChI is InChI=1S/C12H16N4/c1-16-10-12(14-15-16)9-13-8-7-11-5-3-2-4-6-11/h2-6,10,13H,7-9H2,1H3. The van der Waals surface area contributed by atoms with Crippen LogP contribution < -0.4 is 5.32 Å². The Bertz CT molecular complexity index is 422. The summed E-state index contributed by atoms with van der Waals surface area (Å²) in [5, 5.41) is 11.2. The van der Waals surface area contributed by atoms with Crippen molar-refractivity contribution >= 4 is 0 Å². The van der Waals surface area contributed by atoms with Gasteiger partial charge in [0, 0.05) is 19.8 Å². The zero-order chi connectivity index (χ0) is 11.2. The summed E-state index contributed by atoms with van der Waals surface area (Å²) in [5.74, 6) is 0. The van der Waals surface area contributed by atoms with Crippen LogP contribution in [0.5, 0.6) is 0 Å². The normalized spacial score (nSPS) is 10.6. The van der Waals surface area contributed by atoms with Crippen molar-refractivity contribution in [2.75, 3.05) is 6.54 Å². The van der Waals surface area contributed by atoms with Crippen molar-refractivity contribution in [3.8, 4) is 0 Å². The maximum atomic E-state index is 4.01. The van der Waals surface area contributed by atoms with Crippen LogP contribution in [0.15, 0.2) is 36.5 Å². The van der Waals surface area contributed by atoms with Crippen LogP contribution in [-0.4, -0.2) is 21.5 Å². The molecule has 2 aromatic rings. The highest BCUT2D eigenvalue weighted by molar-refractivity contribution is 5.14. The largest absolute Gasteiger partial charge is 0.311 e. The van der Waals surface area contributed by atoms with Gasteiger partial charge in [-0.25, -0.2) is 0 Å². The third-order valence-corrected chi connectivity index (χ3v) is 2.39. The van der Waals surface area contributed by atoms with Crippen molar-refractivity contribution < 1.29 is 0 Å². The van der Waals surface area contributed by atoms with Gasteiger partial charge in [-0.15, -0.1) is 5.10 Å². The molecule has 1 aromatic heterocycles. The molecule has 2 rings (SSSR count). The molecule has 0 spiro atoms. The zero-order valence-electron chi connectivity index (χ0n) is 9.43. The van der Waals surface area contributed by atoms with Gasteiger partial charge in [-0.3, -0.25) is 4.68 Å². The topological polar surface area (TPSA) is 42.7 Å². The Balaban J connectivity index is 1.69. The van der Waals surface area contributed by atoms with Gasteiger partial charge >= 0.3 is 0 Å². The van der Waals surface area contributed by atoms with Gasteiger partial charge in [0.2, 0.25) is 0 Å². The van der Waals surface area contributed by atoms with Crippen molar-refractivity contribution in [3.63, 3.8) is 0 Å². The molecule has 0 aliphatic rings. The van der Waals surface area contributed by atoms with E-state index < -0.39 is 0 Å². The molecule has 16 heavy (non-hydrogen) atoms. The lowest BCUT2D eigenvalue weighted by atomic mass is 10.1. The van der Waals surface area contributed by atoms with Crippen molar-refractivity contribution in [1.29, 1.82) is 0 Å². The second-order valence-electron chi connectivity index (χ2n) is 3.80. The number of benzene rings is 1. The number of hydrogen-bond acceptors (Lipinski definition) is 3. The number of hydrogen-bond donors (Lipinski definition) is 1. The molecule has 0 atom stereocenters. The van der Waals surface area contributed by atoms with E-state index in [9.17, 15) is 0 Å². The van der Waals surface area contributed by atoms with Crippen LogP contribution in [-0.2, 0) is 20.0 Å². The second kappa shape index (κ2) is 5.42. The van der Waals surface area contributed by atoms with E-state index in [4.69, 9.17) is 0 Å². The molecule has 4 nitrogen and oxygen atoms in total. The first-order valence-electron chi connectivity index (χ1n) is 5.44. The quantitative estimate of drug-likeness (QED) is 0.762. The summed E-state index contributed by atoms with van der Waals surface area (Å²) < 4.78 is 1.72. The second-order valence-corrected chi connectivity index (χ2v) is 3.80. The minimum atomic E-state index is 0.778. The first-order chi connectivity index (χ1) is 7.84. The Morgan fingerprint density at radius 3 is 2.75 bits per heavy atom. The third kappa shape index (κ3) is 3.17. The van der Waals surface area contributed by atoms with Crippen LogP contribution >= 0.6 is 0 Å². The predicted octanol–water partition coefficient (Wildman–Crippen LogP) is 1.15. The smallest absolute Gasteiger partial charge is 0.0964 e. The molecule has 0 unspecified atom stereocenters. The Kier molecular flexibility index (Phi) is 3.66. The molecule has 0 fully saturated rings. The molecule has 0 bridgehead atoms. The Hall–Kier alpha value is -1.68. The summed E-state index contributed by atoms with van der Waals surface area (Å²) in [6.45, 7) is 1.74. The zero-order valence-corrected chi connectivity index (χ0v) is 9.43. The number of aryl methyl sites for hydroxylation is 1. The molecule has 0 saturated carbocycles. The van der Waals surface area contributed by atoms with E-state index in [1.807, 2.05) is 19.3 Å². The molecule has 0 amide bonds. The van der Waals surface area contributed by atoms with E-state index >= 15 is 0 Å². The predicted molar refractivity (Wildman–Crippen MR) is 62.9 cm³/mol. The molecule has 84 valence electrons. The maximum Gasteiger partial charge on any atom is 0.0964 e. The van der Waals surface area contributed by atoms with Crippen LogP contribution in [0.2, 0.25) is 0 Å². The minimum absolute atomic E-state index is 0.778. The molecule has 4 heteroatoms. The van der Waals surface area contributed by atoms with Gasteiger partial charge < -0.3 is 5.32 Å². The Labute approximate surface area is 95.3 Å². The summed E-state index contributed by atoms with van der Waals surface area (Å²) in [6.07, 6.45) is 2.97. The average Bonchev–Trinajstić information content (AvgIpc) is 2.72. The maximum absolute atomic E-state index is 4.01. The number of aromatic nitrogens is 3. The molecular formula is C12H16N4. The minimum Gasteiger partial charge on any atom is -0.311 e. The van der Waals surface area contributed by atoms with Gasteiger partial charge in [-0.1, -0.05) is 35.5 Å². The fourth-order valence-electron chi connectivity index (χ4n) is 1.57. The highest BCUT2D eigenvalue weighted by atomic mass is 15.4. The van der Waals surface area contributed by atoms with E-state index in [0.29, 0.717) is 0 Å². The molecule has 0 saturated heterocycles. The highest BCUT2D eigenvalue weighted by Crippen LogP contribution is 1.98. The lowest BCUT2D eigenvalue weighted by Gasteiger charge is -2.02. The lowest BCUT2D eigenvalue weighted by molar-refractivity contribution is 0.670. The van der Waals surface area contributed by atoms with Crippen LogP contribution in [0.4, 0.5) is 0 Å². The Morgan fingerprint density at radius 1 is 1.25 bits per heavy atom. The summed E-state index contributed by atoms with van der Waals surface area (Å²) in [4.78, 5) is 0. The molecule has 1 N–H and O–H groups in total. The van der Waals surface area contributed by atoms with Crippen LogP contribution in [0, 0.1) is 0 Å². The monoisotopic (exact) mass is 216 g/mol. The van der Waals surface area contributed by atoms with Gasteiger partial charge in [-0.05, 0) is 18.5 Å². The third-order valence-electron chi connectivity index (χ3n) is 2.39. The van der Waals surface area contributed by atoms with Crippen LogP contribution in [0.1, 0.15) is 11.3 Å². The van der Waals surface area contributed by atoms with Gasteiger partial charge in [0.15, 0.2) is 0 Å². The van der Waals surface area contributed by atoms with E-state index in [-0.39, 0.29) is 0 Å². The van der Waals surface area contributed by atoms with Gasteiger partial charge in [0.05, 0.1) is 5.69 Å². The fraction of sp³-hybridized carbons (Fsp3) is 0.333. The summed E-state index contributed by atoms with van der Waals surface area (Å²) >= 11 is 0. The summed E-state index contributed by atoms with van der Waals surface area (Å²) in [7, 11) is 1.88. The number of nitrogens with zero attached hydrogens (tertiary/aromatic N) is 3. The van der Waals surface area contributed by atoms with E-state index in [2.05, 4.69) is 39.9 Å². The van der Waals surface area contributed by atoms with Crippen molar-refractivity contribution in [2.24, 2.45) is 7.05 Å². The molecule has 0 aliphatic heterocycles. The van der Waals surface area contributed by atoms with Crippen molar-refractivity contribution in [3.05, 3.63) is 47.8 Å². The SMILES string of the molecule is Cn1cc(CNCCc2ccccc2)nn1. The first kappa shape index (κ1) is 10.8. The molecule has 0 aliphatic carbocycles. The van der Waals surface area contributed by atoms with Crippen LogP contribution in [0.3, 0.4) is 0 Å². The van der Waals surface area contributed by atoms with E-state index in [0.717, 1.165) is 25.2 Å². The number of nitrogens with one attached hydrogen (secondary N) is 1. The average molecular weight is 216 g/mol. The van der Waals surface area contributed by atoms with E-state index in [1.54, 1.807) is 4.68 Å². The highest BCUT2D eigenvalue weighted by Gasteiger charge is 1.97. The van der Waals surface area contributed by atoms with Crippen LogP contribution in [0.25, 0.3) is 0 Å². The molecule has 1 heterocycles. The number of rotatable bonds is 5. The molecule has 0 radical (unpaired) electrons. The fourth-order valence-corrected chi connectivity index (χ4v) is 1.57. The molecule has 1 aromatic carbocycles. The van der Waals surface area contributed by atoms with Gasteiger partial charge in [0.25, 0.3) is 0 Å². The van der Waals surface area contributed by atoms with Gasteiger partial charge in [0.1, 0.15) is 0 Å². The van der Waals surface area contributed by atoms with E-state index in [1.165, 1.54) is 5.56 Å². The summed E-state index contributed by atoms with van der Waals surface area (Å²) in [5.41, 5.74) is 2.34. The Morgan fingerprint density at radius 2 is 2.06 bits per heavy atom. The van der Waals surface area contributed by atoms with Crippen molar-refractivity contribution in [2.45, 2.75) is 13.0 Å². The van der Waals surface area contributed by atoms with Crippen molar-refractivity contribution in [1.82, 2.24) is 20.3 Å². The van der Waals surface area contributed by atoms with Gasteiger partial charge in [-0.2, -0.15) is 0 Å². The molecular weight excluding hydrogens is 200 g/mol. The summed E-state index contributed by atoms with van der Waals surface area (Å²) in [6, 6.07) is 10.5. The first-order valence-corrected chi connectivity index (χ1v) is 5.44. The lowest BCUT2D eigenvalue weighted by Crippen LogP contribution is -2.16.